The Bertz CT molecular complexity index is 1710. The van der Waals surface area contributed by atoms with Gasteiger partial charge in [0.25, 0.3) is 0 Å². The minimum absolute atomic E-state index is 0.00790. The van der Waals surface area contributed by atoms with E-state index in [0.29, 0.717) is 51.7 Å². The molecule has 4 nitrogen and oxygen atoms in total. The summed E-state index contributed by atoms with van der Waals surface area (Å²) >= 11 is 0. The number of alkyl halides is 2. The number of hydrogen-bond donors (Lipinski definition) is 1. The molecule has 1 aliphatic heterocycles. The number of aromatic nitrogens is 1. The summed E-state index contributed by atoms with van der Waals surface area (Å²) in [5.74, 6) is -0.165. The Hall–Kier alpha value is -3.81. The van der Waals surface area contributed by atoms with Crippen LogP contribution >= 0.6 is 0 Å². The van der Waals surface area contributed by atoms with Gasteiger partial charge in [-0.1, -0.05) is 27.4 Å². The zero-order valence-electron chi connectivity index (χ0n) is 26.6. The maximum atomic E-state index is 15.6. The minimum atomic E-state index is -2.98. The van der Waals surface area contributed by atoms with Gasteiger partial charge in [0.2, 0.25) is 0 Å². The minimum Gasteiger partial charge on any atom is -0.432 e. The highest BCUT2D eigenvalue weighted by Crippen LogP contribution is 2.51. The molecule has 2 heterocycles. The SMILES string of the molecule is C=C(NCC(C1=CC2=C(CCC2C)C(c2cc(C(C)C)c(F)cc2F)N1C)C1CC1)c1cc(OC(F)F)c2ncc(C)cc2c1. The quantitative estimate of drug-likeness (QED) is 0.230. The Morgan fingerprint density at radius 1 is 1.09 bits per heavy atom. The fourth-order valence-electron chi connectivity index (χ4n) is 7.20. The second-order valence-corrected chi connectivity index (χ2v) is 13.3. The van der Waals surface area contributed by atoms with Crippen LogP contribution in [0.25, 0.3) is 16.6 Å². The maximum Gasteiger partial charge on any atom is 0.387 e. The molecular formula is C37H41F4N3O. The summed E-state index contributed by atoms with van der Waals surface area (Å²) in [5, 5.41) is 4.20. The van der Waals surface area contributed by atoms with Crippen molar-refractivity contribution in [2.45, 2.75) is 71.9 Å². The number of fused-ring (bicyclic) bond motifs is 1. The summed E-state index contributed by atoms with van der Waals surface area (Å²) in [6.45, 7) is 9.83. The Kier molecular flexibility index (Phi) is 8.44. The van der Waals surface area contributed by atoms with Gasteiger partial charge < -0.3 is 15.0 Å². The average Bonchev–Trinajstić information content (AvgIpc) is 3.75. The Balaban J connectivity index is 1.32. The smallest absolute Gasteiger partial charge is 0.387 e. The molecule has 0 amide bonds. The van der Waals surface area contributed by atoms with E-state index < -0.39 is 18.2 Å². The molecule has 1 saturated carbocycles. The Morgan fingerprint density at radius 3 is 2.53 bits per heavy atom. The summed E-state index contributed by atoms with van der Waals surface area (Å²) in [4.78, 5) is 6.52. The Morgan fingerprint density at radius 2 is 1.84 bits per heavy atom. The van der Waals surface area contributed by atoms with Crippen LogP contribution in [0.2, 0.25) is 0 Å². The number of rotatable bonds is 10. The highest BCUT2D eigenvalue weighted by Gasteiger charge is 2.42. The van der Waals surface area contributed by atoms with Crippen LogP contribution in [0.3, 0.4) is 0 Å². The topological polar surface area (TPSA) is 37.4 Å². The van der Waals surface area contributed by atoms with Gasteiger partial charge >= 0.3 is 6.61 Å². The van der Waals surface area contributed by atoms with Crippen LogP contribution in [0.15, 0.2) is 66.0 Å². The summed E-state index contributed by atoms with van der Waals surface area (Å²) in [5.41, 5.74) is 7.18. The summed E-state index contributed by atoms with van der Waals surface area (Å²) in [6, 6.07) is 7.80. The predicted molar refractivity (Wildman–Crippen MR) is 171 cm³/mol. The van der Waals surface area contributed by atoms with Crippen molar-refractivity contribution in [3.05, 3.63) is 99.9 Å². The van der Waals surface area contributed by atoms with Crippen LogP contribution in [0.1, 0.15) is 80.7 Å². The molecule has 1 N–H and O–H groups in total. The van der Waals surface area contributed by atoms with Gasteiger partial charge in [-0.15, -0.1) is 0 Å². The van der Waals surface area contributed by atoms with Crippen molar-refractivity contribution in [3.8, 4) is 5.75 Å². The number of halogens is 4. The monoisotopic (exact) mass is 619 g/mol. The van der Waals surface area contributed by atoms with Crippen LogP contribution in [-0.2, 0) is 0 Å². The van der Waals surface area contributed by atoms with Crippen LogP contribution in [-0.4, -0.2) is 30.1 Å². The number of nitrogens with zero attached hydrogens (tertiary/aromatic N) is 2. The van der Waals surface area contributed by atoms with E-state index in [2.05, 4.69) is 34.8 Å². The molecule has 45 heavy (non-hydrogen) atoms. The number of benzene rings is 2. The summed E-state index contributed by atoms with van der Waals surface area (Å²) < 4.78 is 61.8. The lowest BCUT2D eigenvalue weighted by Crippen LogP contribution is -2.37. The van der Waals surface area contributed by atoms with Gasteiger partial charge in [0.1, 0.15) is 17.2 Å². The fourth-order valence-corrected chi connectivity index (χ4v) is 7.20. The molecule has 1 fully saturated rings. The molecule has 238 valence electrons. The van der Waals surface area contributed by atoms with E-state index in [4.69, 9.17) is 4.74 Å². The molecule has 1 aromatic heterocycles. The van der Waals surface area contributed by atoms with E-state index in [1.54, 1.807) is 18.3 Å². The fraction of sp³-hybridized carbons (Fsp3) is 0.432. The Labute approximate surface area is 262 Å². The normalized spacial score (nSPS) is 20.6. The molecule has 6 rings (SSSR count). The van der Waals surface area contributed by atoms with Gasteiger partial charge in [-0.3, -0.25) is 4.98 Å². The molecule has 3 aliphatic rings. The average molecular weight is 620 g/mol. The number of ether oxygens (including phenoxy) is 1. The van der Waals surface area contributed by atoms with Crippen molar-refractivity contribution in [1.29, 1.82) is 0 Å². The highest BCUT2D eigenvalue weighted by atomic mass is 19.3. The molecule has 2 aromatic carbocycles. The molecular weight excluding hydrogens is 578 g/mol. The van der Waals surface area contributed by atoms with E-state index in [1.807, 2.05) is 40.0 Å². The first-order valence-corrected chi connectivity index (χ1v) is 15.9. The van der Waals surface area contributed by atoms with E-state index >= 15 is 4.39 Å². The van der Waals surface area contributed by atoms with E-state index in [0.717, 1.165) is 43.0 Å². The lowest BCUT2D eigenvalue weighted by molar-refractivity contribution is -0.0489. The molecule has 0 spiro atoms. The molecule has 8 heteroatoms. The van der Waals surface area contributed by atoms with Gasteiger partial charge in [0.05, 0.1) is 6.04 Å². The van der Waals surface area contributed by atoms with Crippen molar-refractivity contribution in [3.63, 3.8) is 0 Å². The van der Waals surface area contributed by atoms with Gasteiger partial charge in [-0.05, 0) is 103 Å². The lowest BCUT2D eigenvalue weighted by atomic mass is 9.84. The zero-order chi connectivity index (χ0) is 32.2. The number of aryl methyl sites for hydroxylation is 1. The van der Waals surface area contributed by atoms with Crippen molar-refractivity contribution in [1.82, 2.24) is 15.2 Å². The van der Waals surface area contributed by atoms with Gasteiger partial charge in [0.15, 0.2) is 5.75 Å². The second kappa shape index (κ2) is 12.2. The van der Waals surface area contributed by atoms with Crippen molar-refractivity contribution in [2.75, 3.05) is 13.6 Å². The lowest BCUT2D eigenvalue weighted by Gasteiger charge is -2.41. The van der Waals surface area contributed by atoms with E-state index in [-0.39, 0.29) is 23.6 Å². The summed E-state index contributed by atoms with van der Waals surface area (Å²) in [7, 11) is 2.03. The van der Waals surface area contributed by atoms with Gasteiger partial charge in [0, 0.05) is 59.7 Å². The molecule has 3 atom stereocenters. The number of likely N-dealkylation sites (N-methyl/N-ethyl adjacent to an activating group) is 1. The first kappa shape index (κ1) is 31.2. The molecule has 3 unspecified atom stereocenters. The van der Waals surface area contributed by atoms with E-state index in [9.17, 15) is 13.2 Å². The second-order valence-electron chi connectivity index (χ2n) is 13.3. The number of pyridine rings is 1. The summed E-state index contributed by atoms with van der Waals surface area (Å²) in [6.07, 6.45) is 7.99. The van der Waals surface area contributed by atoms with Crippen LogP contribution in [0.5, 0.6) is 5.75 Å². The number of nitrogens with one attached hydrogen (secondary N) is 1. The molecule has 0 radical (unpaired) electrons. The van der Waals surface area contributed by atoms with Crippen molar-refractivity contribution in [2.24, 2.45) is 17.8 Å². The third kappa shape index (κ3) is 6.08. The zero-order valence-corrected chi connectivity index (χ0v) is 26.6. The van der Waals surface area contributed by atoms with Crippen molar-refractivity contribution >= 4 is 16.6 Å². The molecule has 0 saturated heterocycles. The highest BCUT2D eigenvalue weighted by molar-refractivity contribution is 5.88. The standard InChI is InChI=1S/C37H41F4N3O/c1-19(2)27-14-29(32(39)16-31(27)38)36-26-10-7-21(4)28(26)15-33(44(36)6)30(23-8-9-23)18-42-22(5)24-12-25-11-20(3)17-43-35(25)34(13-24)45-37(40)41/h11-17,19,21,23,30,36-37,42H,5,7-10,18H2,1-4,6H3. The third-order valence-corrected chi connectivity index (χ3v) is 9.76. The molecule has 0 bridgehead atoms. The molecule has 3 aromatic rings. The van der Waals surface area contributed by atoms with Crippen LogP contribution in [0, 0.1) is 36.3 Å². The first-order chi connectivity index (χ1) is 21.4. The van der Waals surface area contributed by atoms with Gasteiger partial charge in [-0.25, -0.2) is 8.78 Å². The third-order valence-electron chi connectivity index (χ3n) is 9.76. The maximum absolute atomic E-state index is 15.6. The van der Waals surface area contributed by atoms with Crippen LogP contribution in [0.4, 0.5) is 17.6 Å². The largest absolute Gasteiger partial charge is 0.432 e. The van der Waals surface area contributed by atoms with Crippen molar-refractivity contribution < 1.29 is 22.3 Å². The van der Waals surface area contributed by atoms with Crippen LogP contribution < -0.4 is 10.1 Å². The van der Waals surface area contributed by atoms with E-state index in [1.165, 1.54) is 11.1 Å². The molecule has 2 aliphatic carbocycles. The first-order valence-electron chi connectivity index (χ1n) is 15.9. The predicted octanol–water partition coefficient (Wildman–Crippen LogP) is 9.43. The number of hydrogen-bond acceptors (Lipinski definition) is 4. The number of allylic oxidation sites excluding steroid dienone is 2. The van der Waals surface area contributed by atoms with Gasteiger partial charge in [-0.2, -0.15) is 8.78 Å².